The number of primary sulfonamides is 1. The molecule has 2 aromatic carbocycles. The van der Waals surface area contributed by atoms with Gasteiger partial charge in [0.2, 0.25) is 10.0 Å². The summed E-state index contributed by atoms with van der Waals surface area (Å²) < 4.78 is 23.5. The molecule has 0 radical (unpaired) electrons. The molecule has 1 aliphatic heterocycles. The van der Waals surface area contributed by atoms with Crippen LogP contribution in [0, 0.1) is 6.92 Å². The van der Waals surface area contributed by atoms with Gasteiger partial charge in [-0.1, -0.05) is 48.6 Å². The number of sulfonamides is 1. The van der Waals surface area contributed by atoms with Crippen molar-refractivity contribution in [3.63, 3.8) is 0 Å². The third-order valence-corrected chi connectivity index (χ3v) is 5.01. The summed E-state index contributed by atoms with van der Waals surface area (Å²) >= 11 is 0. The van der Waals surface area contributed by atoms with Crippen LogP contribution in [0.2, 0.25) is 0 Å². The highest BCUT2D eigenvalue weighted by molar-refractivity contribution is 7.89. The number of nitrogens with two attached hydrogens (primary N) is 1. The van der Waals surface area contributed by atoms with E-state index in [-0.39, 0.29) is 10.7 Å². The molecule has 2 N–H and O–H groups in total. The second-order valence-corrected chi connectivity index (χ2v) is 7.25. The first-order chi connectivity index (χ1) is 11.4. The van der Waals surface area contributed by atoms with Gasteiger partial charge >= 0.3 is 0 Å². The first-order valence-electron chi connectivity index (χ1n) is 7.51. The summed E-state index contributed by atoms with van der Waals surface area (Å²) in [5.41, 5.74) is 3.43. The Hall–Kier alpha value is -2.44. The van der Waals surface area contributed by atoms with Crippen molar-refractivity contribution in [1.29, 1.82) is 0 Å². The fourth-order valence-corrected chi connectivity index (χ4v) is 3.59. The van der Waals surface area contributed by atoms with Crippen LogP contribution in [0.4, 0.5) is 0 Å². The van der Waals surface area contributed by atoms with Crippen LogP contribution in [0.1, 0.15) is 15.9 Å². The van der Waals surface area contributed by atoms with E-state index in [1.807, 2.05) is 31.1 Å². The van der Waals surface area contributed by atoms with Crippen molar-refractivity contribution in [1.82, 2.24) is 0 Å². The van der Waals surface area contributed by atoms with E-state index in [0.29, 0.717) is 24.0 Å². The lowest BCUT2D eigenvalue weighted by molar-refractivity contribution is 0.104. The average molecular weight is 337 g/mol. The molecule has 0 saturated carbocycles. The summed E-state index contributed by atoms with van der Waals surface area (Å²) in [5, 5.41) is 5.30. The normalized spacial score (nSPS) is 13.5. The van der Waals surface area contributed by atoms with Crippen LogP contribution >= 0.6 is 0 Å². The molecule has 1 aliphatic rings. The summed E-state index contributed by atoms with van der Waals surface area (Å²) in [4.78, 5) is 12.6. The monoisotopic (exact) mass is 337 g/mol. The lowest BCUT2D eigenvalue weighted by atomic mass is 9.69. The van der Waals surface area contributed by atoms with Gasteiger partial charge in [0.25, 0.3) is 0 Å². The standard InChI is InChI=1S/C18H16BNO3S/c1-12-11-13(15-5-2-3-7-17(15)24(20,22)23)8-9-14(12)18(21)16-6-4-10-19-16/h2-11,19H,1H3,(H2,20,22,23). The van der Waals surface area contributed by atoms with Crippen molar-refractivity contribution in [2.24, 2.45) is 5.14 Å². The molecule has 24 heavy (non-hydrogen) atoms. The summed E-state index contributed by atoms with van der Waals surface area (Å²) in [6.07, 6.45) is 3.70. The van der Waals surface area contributed by atoms with Crippen molar-refractivity contribution in [3.05, 3.63) is 77.2 Å². The Bertz CT molecular complexity index is 991. The van der Waals surface area contributed by atoms with E-state index in [1.165, 1.54) is 6.07 Å². The topological polar surface area (TPSA) is 77.2 Å². The van der Waals surface area contributed by atoms with Crippen LogP contribution < -0.4 is 5.14 Å². The van der Waals surface area contributed by atoms with Gasteiger partial charge in [-0.15, -0.1) is 5.98 Å². The maximum absolute atomic E-state index is 12.5. The third-order valence-electron chi connectivity index (χ3n) is 4.04. The van der Waals surface area contributed by atoms with Gasteiger partial charge in [-0.25, -0.2) is 13.6 Å². The molecule has 0 atom stereocenters. The van der Waals surface area contributed by atoms with Crippen molar-refractivity contribution in [3.8, 4) is 11.1 Å². The number of allylic oxidation sites excluding steroid dienone is 3. The first-order valence-corrected chi connectivity index (χ1v) is 9.06. The van der Waals surface area contributed by atoms with Gasteiger partial charge in [0, 0.05) is 11.1 Å². The minimum absolute atomic E-state index is 0.00350. The zero-order valence-corrected chi connectivity index (χ0v) is 14.0. The van der Waals surface area contributed by atoms with Crippen LogP contribution in [0.5, 0.6) is 0 Å². The van der Waals surface area contributed by atoms with E-state index in [9.17, 15) is 13.2 Å². The fourth-order valence-electron chi connectivity index (χ4n) is 2.83. The summed E-state index contributed by atoms with van der Waals surface area (Å²) in [6, 6.07) is 11.9. The summed E-state index contributed by atoms with van der Waals surface area (Å²) in [7, 11) is -3.17. The van der Waals surface area contributed by atoms with Crippen LogP contribution in [0.25, 0.3) is 11.1 Å². The number of hydrogen-bond donors (Lipinski definition) is 1. The van der Waals surface area contributed by atoms with E-state index in [1.54, 1.807) is 30.3 Å². The van der Waals surface area contributed by atoms with E-state index >= 15 is 0 Å². The maximum Gasteiger partial charge on any atom is 0.238 e. The number of hydrogen-bond acceptors (Lipinski definition) is 3. The second kappa shape index (κ2) is 6.22. The van der Waals surface area contributed by atoms with E-state index in [4.69, 9.17) is 5.14 Å². The molecule has 0 amide bonds. The van der Waals surface area contributed by atoms with Gasteiger partial charge in [-0.2, -0.15) is 0 Å². The van der Waals surface area contributed by atoms with Crippen molar-refractivity contribution >= 4 is 23.1 Å². The summed E-state index contributed by atoms with van der Waals surface area (Å²) in [5.74, 6) is 1.95. The molecular formula is C18H16BNO3S. The zero-order valence-electron chi connectivity index (χ0n) is 13.2. The molecule has 4 nitrogen and oxygen atoms in total. The lowest BCUT2D eigenvalue weighted by Gasteiger charge is -2.11. The Kier molecular flexibility index (Phi) is 4.26. The average Bonchev–Trinajstić information content (AvgIpc) is 3.08. The number of rotatable bonds is 4. The minimum Gasteiger partial charge on any atom is -0.290 e. The largest absolute Gasteiger partial charge is 0.290 e. The van der Waals surface area contributed by atoms with Crippen LogP contribution in [0.3, 0.4) is 0 Å². The van der Waals surface area contributed by atoms with Crippen molar-refractivity contribution < 1.29 is 13.2 Å². The van der Waals surface area contributed by atoms with E-state index in [2.05, 4.69) is 0 Å². The predicted molar refractivity (Wildman–Crippen MR) is 96.7 cm³/mol. The Morgan fingerprint density at radius 2 is 1.88 bits per heavy atom. The third kappa shape index (κ3) is 3.11. The highest BCUT2D eigenvalue weighted by Gasteiger charge is 2.18. The first kappa shape index (κ1) is 16.4. The van der Waals surface area contributed by atoms with Crippen LogP contribution in [-0.4, -0.2) is 21.5 Å². The summed E-state index contributed by atoms with van der Waals surface area (Å²) in [6.45, 7) is 1.85. The molecule has 0 aromatic heterocycles. The molecule has 2 aromatic rings. The smallest absolute Gasteiger partial charge is 0.238 e. The van der Waals surface area contributed by atoms with Gasteiger partial charge in [-0.3, -0.25) is 4.79 Å². The molecule has 0 spiro atoms. The van der Waals surface area contributed by atoms with Gasteiger partial charge < -0.3 is 0 Å². The minimum atomic E-state index is -3.82. The molecule has 0 bridgehead atoms. The molecule has 120 valence electrons. The Balaban J connectivity index is 2.04. The maximum atomic E-state index is 12.5. The quantitative estimate of drug-likeness (QED) is 0.687. The van der Waals surface area contributed by atoms with Gasteiger partial charge in [0.15, 0.2) is 13.1 Å². The van der Waals surface area contributed by atoms with E-state index in [0.717, 1.165) is 11.0 Å². The fraction of sp³-hybridized carbons (Fsp3) is 0.0556. The number of carbonyl (C=O) groups is 1. The molecule has 6 heteroatoms. The molecular weight excluding hydrogens is 321 g/mol. The van der Waals surface area contributed by atoms with Gasteiger partial charge in [0.1, 0.15) is 0 Å². The Labute approximate surface area is 142 Å². The zero-order chi connectivity index (χ0) is 17.3. The van der Waals surface area contributed by atoms with Gasteiger partial charge in [0.05, 0.1) is 4.90 Å². The highest BCUT2D eigenvalue weighted by atomic mass is 32.2. The number of aryl methyl sites for hydroxylation is 1. The van der Waals surface area contributed by atoms with Crippen LogP contribution in [-0.2, 0) is 10.0 Å². The molecule has 0 unspecified atom stereocenters. The van der Waals surface area contributed by atoms with E-state index < -0.39 is 10.0 Å². The number of carbonyl (C=O) groups excluding carboxylic acids is 1. The SMILES string of the molecule is Cc1cc(-c2ccccc2S(N)(=O)=O)ccc1C(=O)C1=CC=CB1. The number of ketones is 1. The molecule has 3 rings (SSSR count). The number of Topliss-reactive ketones (excluding diaryl/α,β-unsaturated/α-hetero) is 1. The Morgan fingerprint density at radius 3 is 2.50 bits per heavy atom. The highest BCUT2D eigenvalue weighted by Crippen LogP contribution is 2.29. The molecule has 0 saturated heterocycles. The van der Waals surface area contributed by atoms with Crippen molar-refractivity contribution in [2.75, 3.05) is 0 Å². The number of benzene rings is 2. The lowest BCUT2D eigenvalue weighted by Crippen LogP contribution is -2.13. The second-order valence-electron chi connectivity index (χ2n) is 5.72. The molecule has 1 heterocycles. The molecule has 0 aliphatic carbocycles. The van der Waals surface area contributed by atoms with Gasteiger partial charge in [-0.05, 0) is 29.6 Å². The van der Waals surface area contributed by atoms with Crippen LogP contribution in [0.15, 0.2) is 71.0 Å². The van der Waals surface area contributed by atoms with Crippen molar-refractivity contribution in [2.45, 2.75) is 11.8 Å². The Morgan fingerprint density at radius 1 is 1.12 bits per heavy atom. The molecule has 0 fully saturated rings. The predicted octanol–water partition coefficient (Wildman–Crippen LogP) is 2.34.